The maximum absolute atomic E-state index is 7.29. The number of halogens is 1. The first-order chi connectivity index (χ1) is 21.2. The summed E-state index contributed by atoms with van der Waals surface area (Å²) in [6, 6.07) is 48.4. The molecule has 0 saturated carbocycles. The molecule has 6 aromatic rings. The van der Waals surface area contributed by atoms with Gasteiger partial charge in [0, 0.05) is 22.2 Å². The van der Waals surface area contributed by atoms with E-state index in [2.05, 4.69) is 166 Å². The summed E-state index contributed by atoms with van der Waals surface area (Å²) < 4.78 is 0. The Bertz CT molecular complexity index is 2070. The van der Waals surface area contributed by atoms with E-state index < -0.39 is 0 Å². The van der Waals surface area contributed by atoms with Crippen LogP contribution < -0.4 is 4.90 Å². The lowest BCUT2D eigenvalue weighted by molar-refractivity contribution is 0.660. The normalized spacial score (nSPS) is 14.8. The second-order valence-corrected chi connectivity index (χ2v) is 13.6. The standard InChI is InChI=1S/C42H34ClN/c1-41(2)35-16-10-8-14-31(35)33-23-22-30(24-37(33)41)44(29-20-18-28(19-21-29)27-12-6-5-7-13-27)40-26-38-34(25-39(40)43)32-15-9-11-17-36(32)42(38,3)4/h5-26H,1-4H3. The molecule has 44 heavy (non-hydrogen) atoms. The summed E-state index contributed by atoms with van der Waals surface area (Å²) >= 11 is 7.29. The van der Waals surface area contributed by atoms with Crippen LogP contribution >= 0.6 is 11.6 Å². The van der Waals surface area contributed by atoms with E-state index in [0.29, 0.717) is 0 Å². The predicted octanol–water partition coefficient (Wildman–Crippen LogP) is 12.1. The molecule has 0 saturated heterocycles. The van der Waals surface area contributed by atoms with Crippen LogP contribution in [0.5, 0.6) is 0 Å². The monoisotopic (exact) mass is 587 g/mol. The van der Waals surface area contributed by atoms with Crippen molar-refractivity contribution < 1.29 is 0 Å². The molecule has 2 aliphatic carbocycles. The predicted molar refractivity (Wildman–Crippen MR) is 187 cm³/mol. The molecule has 214 valence electrons. The van der Waals surface area contributed by atoms with Gasteiger partial charge in [-0.05, 0) is 92.0 Å². The quantitative estimate of drug-likeness (QED) is 0.198. The lowest BCUT2D eigenvalue weighted by Gasteiger charge is -2.30. The van der Waals surface area contributed by atoms with Crippen LogP contribution in [0.15, 0.2) is 133 Å². The fourth-order valence-electron chi connectivity index (χ4n) is 7.57. The van der Waals surface area contributed by atoms with Crippen LogP contribution in [0.4, 0.5) is 17.1 Å². The lowest BCUT2D eigenvalue weighted by atomic mass is 9.82. The molecule has 0 amide bonds. The van der Waals surface area contributed by atoms with Gasteiger partial charge in [-0.2, -0.15) is 0 Å². The average molecular weight is 588 g/mol. The Balaban J connectivity index is 1.32. The highest BCUT2D eigenvalue weighted by atomic mass is 35.5. The highest BCUT2D eigenvalue weighted by Gasteiger charge is 2.38. The zero-order chi connectivity index (χ0) is 30.2. The van der Waals surface area contributed by atoms with Gasteiger partial charge < -0.3 is 4.90 Å². The molecule has 0 fully saturated rings. The Labute approximate surface area is 265 Å². The van der Waals surface area contributed by atoms with Crippen molar-refractivity contribution in [3.63, 3.8) is 0 Å². The summed E-state index contributed by atoms with van der Waals surface area (Å²) in [4.78, 5) is 2.34. The van der Waals surface area contributed by atoms with Crippen LogP contribution in [0.25, 0.3) is 33.4 Å². The lowest BCUT2D eigenvalue weighted by Crippen LogP contribution is -2.18. The molecule has 0 unspecified atom stereocenters. The van der Waals surface area contributed by atoms with E-state index in [1.54, 1.807) is 0 Å². The zero-order valence-electron chi connectivity index (χ0n) is 25.5. The van der Waals surface area contributed by atoms with Crippen molar-refractivity contribution in [3.05, 3.63) is 161 Å². The largest absolute Gasteiger partial charge is 0.309 e. The maximum atomic E-state index is 7.29. The van der Waals surface area contributed by atoms with Crippen molar-refractivity contribution in [2.24, 2.45) is 0 Å². The molecule has 8 rings (SSSR count). The highest BCUT2D eigenvalue weighted by molar-refractivity contribution is 6.34. The molecule has 0 atom stereocenters. The molecular weight excluding hydrogens is 554 g/mol. The van der Waals surface area contributed by atoms with Crippen LogP contribution in [0, 0.1) is 0 Å². The van der Waals surface area contributed by atoms with E-state index in [0.717, 1.165) is 22.1 Å². The van der Waals surface area contributed by atoms with Crippen molar-refractivity contribution in [2.75, 3.05) is 4.90 Å². The molecule has 0 bridgehead atoms. The summed E-state index contributed by atoms with van der Waals surface area (Å²) in [6.45, 7) is 9.32. The fraction of sp³-hybridized carbons (Fsp3) is 0.143. The first-order valence-corrected chi connectivity index (χ1v) is 15.8. The van der Waals surface area contributed by atoms with Gasteiger partial charge in [0.05, 0.1) is 10.7 Å². The number of benzene rings is 6. The molecule has 1 nitrogen and oxygen atoms in total. The zero-order valence-corrected chi connectivity index (χ0v) is 26.3. The van der Waals surface area contributed by atoms with Crippen molar-refractivity contribution in [2.45, 2.75) is 38.5 Å². The van der Waals surface area contributed by atoms with Crippen molar-refractivity contribution >= 4 is 28.7 Å². The molecule has 0 heterocycles. The molecule has 2 heteroatoms. The summed E-state index contributed by atoms with van der Waals surface area (Å²) in [5.74, 6) is 0. The van der Waals surface area contributed by atoms with Gasteiger partial charge in [-0.15, -0.1) is 0 Å². The number of hydrogen-bond acceptors (Lipinski definition) is 1. The minimum atomic E-state index is -0.129. The first-order valence-electron chi connectivity index (χ1n) is 15.4. The van der Waals surface area contributed by atoms with Crippen LogP contribution in [-0.2, 0) is 10.8 Å². The molecule has 0 aliphatic heterocycles. The van der Waals surface area contributed by atoms with Gasteiger partial charge in [-0.1, -0.05) is 136 Å². The first kappa shape index (κ1) is 27.0. The smallest absolute Gasteiger partial charge is 0.0653 e. The average Bonchev–Trinajstić information content (AvgIpc) is 3.41. The van der Waals surface area contributed by atoms with E-state index in [-0.39, 0.29) is 10.8 Å². The molecule has 0 spiro atoms. The Morgan fingerprint density at radius 3 is 1.59 bits per heavy atom. The van der Waals surface area contributed by atoms with Gasteiger partial charge in [-0.25, -0.2) is 0 Å². The highest BCUT2D eigenvalue weighted by Crippen LogP contribution is 2.54. The van der Waals surface area contributed by atoms with E-state index >= 15 is 0 Å². The van der Waals surface area contributed by atoms with Crippen LogP contribution in [0.3, 0.4) is 0 Å². The Kier molecular flexibility index (Phi) is 5.96. The van der Waals surface area contributed by atoms with Gasteiger partial charge in [-0.3, -0.25) is 0 Å². The number of anilines is 3. The maximum Gasteiger partial charge on any atom is 0.0653 e. The van der Waals surface area contributed by atoms with Crippen LogP contribution in [0.2, 0.25) is 5.02 Å². The Morgan fingerprint density at radius 1 is 0.432 bits per heavy atom. The van der Waals surface area contributed by atoms with Gasteiger partial charge in [0.1, 0.15) is 0 Å². The molecule has 0 N–H and O–H groups in total. The summed E-state index contributed by atoms with van der Waals surface area (Å²) in [7, 11) is 0. The van der Waals surface area contributed by atoms with Crippen LogP contribution in [-0.4, -0.2) is 0 Å². The van der Waals surface area contributed by atoms with Crippen LogP contribution in [0.1, 0.15) is 49.9 Å². The second-order valence-electron chi connectivity index (χ2n) is 13.2. The third-order valence-corrected chi connectivity index (χ3v) is 10.3. The van der Waals surface area contributed by atoms with E-state index in [9.17, 15) is 0 Å². The van der Waals surface area contributed by atoms with Gasteiger partial charge in [0.15, 0.2) is 0 Å². The summed E-state index contributed by atoms with van der Waals surface area (Å²) in [5.41, 5.74) is 15.8. The second kappa shape index (κ2) is 9.71. The number of rotatable bonds is 4. The fourth-order valence-corrected chi connectivity index (χ4v) is 7.82. The third kappa shape index (κ3) is 3.92. The van der Waals surface area contributed by atoms with Gasteiger partial charge in [0.2, 0.25) is 0 Å². The van der Waals surface area contributed by atoms with Gasteiger partial charge in [0.25, 0.3) is 0 Å². The van der Waals surface area contributed by atoms with Crippen molar-refractivity contribution in [1.82, 2.24) is 0 Å². The molecule has 2 aliphatic rings. The minimum Gasteiger partial charge on any atom is -0.309 e. The van der Waals surface area contributed by atoms with Gasteiger partial charge >= 0.3 is 0 Å². The Hall–Kier alpha value is -4.59. The molecular formula is C42H34ClN. The van der Waals surface area contributed by atoms with Crippen molar-refractivity contribution in [3.8, 4) is 33.4 Å². The molecule has 0 radical (unpaired) electrons. The summed E-state index contributed by atoms with van der Waals surface area (Å²) in [6.07, 6.45) is 0. The van der Waals surface area contributed by atoms with Crippen molar-refractivity contribution in [1.29, 1.82) is 0 Å². The number of nitrogens with zero attached hydrogens (tertiary/aromatic N) is 1. The SMILES string of the molecule is CC1(C)c2ccccc2-c2ccc(N(c3ccc(-c4ccccc4)cc3)c3cc4c(cc3Cl)-c3ccccc3C4(C)C)cc21. The molecule has 0 aromatic heterocycles. The number of hydrogen-bond donors (Lipinski definition) is 0. The van der Waals surface area contributed by atoms with E-state index in [4.69, 9.17) is 11.6 Å². The topological polar surface area (TPSA) is 3.24 Å². The molecule has 6 aromatic carbocycles. The Morgan fingerprint density at radius 2 is 0.932 bits per heavy atom. The third-order valence-electron chi connectivity index (χ3n) is 9.95. The van der Waals surface area contributed by atoms with E-state index in [1.807, 2.05) is 0 Å². The summed E-state index contributed by atoms with van der Waals surface area (Å²) in [5, 5.41) is 0.742. The van der Waals surface area contributed by atoms with E-state index in [1.165, 1.54) is 55.6 Å². The number of fused-ring (bicyclic) bond motifs is 6. The minimum absolute atomic E-state index is 0.101.